The minimum absolute atomic E-state index is 0.0563. The number of ether oxygens (including phenoxy) is 1. The number of rotatable bonds is 7. The Morgan fingerprint density at radius 3 is 2.52 bits per heavy atom. The summed E-state index contributed by atoms with van der Waals surface area (Å²) < 4.78 is 11.2. The van der Waals surface area contributed by atoms with Crippen molar-refractivity contribution in [2.24, 2.45) is 0 Å². The Morgan fingerprint density at radius 2 is 1.86 bits per heavy atom. The highest BCUT2D eigenvalue weighted by Crippen LogP contribution is 2.31. The van der Waals surface area contributed by atoms with E-state index in [1.807, 2.05) is 13.8 Å². The van der Waals surface area contributed by atoms with Gasteiger partial charge in [0, 0.05) is 17.2 Å². The van der Waals surface area contributed by atoms with Gasteiger partial charge < -0.3 is 9.15 Å². The Kier molecular flexibility index (Phi) is 6.14. The van der Waals surface area contributed by atoms with E-state index in [1.54, 1.807) is 48.5 Å². The van der Waals surface area contributed by atoms with Crippen molar-refractivity contribution in [3.63, 3.8) is 0 Å². The van der Waals surface area contributed by atoms with Gasteiger partial charge in [-0.25, -0.2) is 0 Å². The van der Waals surface area contributed by atoms with E-state index in [2.05, 4.69) is 0 Å². The van der Waals surface area contributed by atoms with Crippen LogP contribution < -0.4 is 4.74 Å². The van der Waals surface area contributed by atoms with Gasteiger partial charge in [-0.15, -0.1) is 0 Å². The summed E-state index contributed by atoms with van der Waals surface area (Å²) in [5, 5.41) is 11.1. The smallest absolute Gasteiger partial charge is 0.288 e. The number of nitrogens with zero attached hydrogens (tertiary/aromatic N) is 1. The number of nitro groups is 1. The molecule has 0 aliphatic rings. The van der Waals surface area contributed by atoms with Crippen LogP contribution in [0.1, 0.15) is 30.0 Å². The quantitative estimate of drug-likeness (QED) is 0.200. The minimum Gasteiger partial charge on any atom is -0.491 e. The average molecular weight is 412 g/mol. The molecule has 148 valence electrons. The lowest BCUT2D eigenvalue weighted by molar-refractivity contribution is -0.384. The molecule has 0 N–H and O–H groups in total. The molecule has 1 aromatic heterocycles. The predicted molar refractivity (Wildman–Crippen MR) is 111 cm³/mol. The lowest BCUT2D eigenvalue weighted by atomic mass is 10.1. The van der Waals surface area contributed by atoms with Crippen LogP contribution in [0, 0.1) is 10.1 Å². The van der Waals surface area contributed by atoms with Crippen molar-refractivity contribution in [2.45, 2.75) is 20.0 Å². The topological polar surface area (TPSA) is 82.6 Å². The zero-order valence-electron chi connectivity index (χ0n) is 15.8. The number of benzene rings is 2. The largest absolute Gasteiger partial charge is 0.491 e. The molecular weight excluding hydrogens is 394 g/mol. The lowest BCUT2D eigenvalue weighted by Gasteiger charge is -2.09. The number of carbonyl (C=O) groups is 1. The first-order chi connectivity index (χ1) is 13.8. The molecule has 29 heavy (non-hydrogen) atoms. The van der Waals surface area contributed by atoms with Crippen LogP contribution in [0.15, 0.2) is 65.1 Å². The van der Waals surface area contributed by atoms with Crippen molar-refractivity contribution in [2.75, 3.05) is 0 Å². The molecule has 3 aromatic rings. The van der Waals surface area contributed by atoms with Gasteiger partial charge in [-0.05, 0) is 74.5 Å². The highest BCUT2D eigenvalue weighted by molar-refractivity contribution is 6.32. The normalized spacial score (nSPS) is 11.2. The number of nitro benzene ring substituents is 1. The number of hydrogen-bond acceptors (Lipinski definition) is 5. The third-order valence-corrected chi connectivity index (χ3v) is 4.28. The number of carbonyl (C=O) groups excluding carboxylic acids is 1. The second kappa shape index (κ2) is 8.75. The third-order valence-electron chi connectivity index (χ3n) is 3.96. The summed E-state index contributed by atoms with van der Waals surface area (Å²) in [5.41, 5.74) is 0.850. The predicted octanol–water partition coefficient (Wildman–Crippen LogP) is 6.19. The molecule has 0 aliphatic heterocycles. The Hall–Kier alpha value is -3.38. The van der Waals surface area contributed by atoms with Crippen LogP contribution in [0.2, 0.25) is 5.02 Å². The summed E-state index contributed by atoms with van der Waals surface area (Å²) in [6.45, 7) is 3.86. The maximum atomic E-state index is 12.3. The van der Waals surface area contributed by atoms with E-state index >= 15 is 0 Å². The molecule has 0 bridgehead atoms. The highest BCUT2D eigenvalue weighted by Gasteiger charge is 2.15. The summed E-state index contributed by atoms with van der Waals surface area (Å²) in [6.07, 6.45) is 3.02. The van der Waals surface area contributed by atoms with Crippen LogP contribution in [-0.2, 0) is 0 Å². The molecule has 0 fully saturated rings. The van der Waals surface area contributed by atoms with E-state index in [1.165, 1.54) is 18.2 Å². The molecule has 0 unspecified atom stereocenters. The first kappa shape index (κ1) is 20.4. The number of halogens is 1. The van der Waals surface area contributed by atoms with Crippen LogP contribution in [0.5, 0.6) is 5.75 Å². The molecule has 6 nitrogen and oxygen atoms in total. The summed E-state index contributed by atoms with van der Waals surface area (Å²) >= 11 is 5.83. The van der Waals surface area contributed by atoms with Gasteiger partial charge in [0.1, 0.15) is 22.3 Å². The van der Waals surface area contributed by atoms with E-state index < -0.39 is 4.92 Å². The summed E-state index contributed by atoms with van der Waals surface area (Å²) in [5.74, 6) is 1.41. The molecule has 0 saturated heterocycles. The number of ketones is 1. The Morgan fingerprint density at radius 1 is 1.14 bits per heavy atom. The molecule has 1 heterocycles. The van der Waals surface area contributed by atoms with Gasteiger partial charge in [0.2, 0.25) is 0 Å². The van der Waals surface area contributed by atoms with Gasteiger partial charge in [-0.2, -0.15) is 0 Å². The minimum atomic E-state index is -0.550. The summed E-state index contributed by atoms with van der Waals surface area (Å²) in [4.78, 5) is 22.8. The first-order valence-electron chi connectivity index (χ1n) is 8.87. The maximum Gasteiger partial charge on any atom is 0.288 e. The van der Waals surface area contributed by atoms with Crippen LogP contribution in [-0.4, -0.2) is 16.8 Å². The highest BCUT2D eigenvalue weighted by atomic mass is 35.5. The lowest BCUT2D eigenvalue weighted by Crippen LogP contribution is -2.05. The van der Waals surface area contributed by atoms with Gasteiger partial charge in [-0.1, -0.05) is 11.6 Å². The molecular formula is C22H18ClNO5. The fraction of sp³-hybridized carbons (Fsp3) is 0.136. The van der Waals surface area contributed by atoms with Crippen molar-refractivity contribution in [1.29, 1.82) is 0 Å². The van der Waals surface area contributed by atoms with E-state index in [-0.39, 0.29) is 22.6 Å². The Balaban J connectivity index is 1.73. The van der Waals surface area contributed by atoms with Crippen LogP contribution >= 0.6 is 11.6 Å². The second-order valence-corrected chi connectivity index (χ2v) is 6.92. The maximum absolute atomic E-state index is 12.3. The van der Waals surface area contributed by atoms with Crippen molar-refractivity contribution in [3.8, 4) is 17.1 Å². The van der Waals surface area contributed by atoms with Gasteiger partial charge >= 0.3 is 0 Å². The number of allylic oxidation sites excluding steroid dienone is 1. The molecule has 2 aromatic carbocycles. The van der Waals surface area contributed by atoms with Gasteiger partial charge in [0.25, 0.3) is 5.69 Å². The fourth-order valence-electron chi connectivity index (χ4n) is 2.63. The molecule has 3 rings (SSSR count). The zero-order chi connectivity index (χ0) is 21.0. The third kappa shape index (κ3) is 5.12. The van der Waals surface area contributed by atoms with Gasteiger partial charge in [0.15, 0.2) is 5.78 Å². The first-order valence-corrected chi connectivity index (χ1v) is 9.24. The van der Waals surface area contributed by atoms with Crippen molar-refractivity contribution in [1.82, 2.24) is 0 Å². The van der Waals surface area contributed by atoms with Crippen molar-refractivity contribution >= 4 is 29.1 Å². The molecule has 0 atom stereocenters. The standard InChI is InChI=1S/C22H18ClNO5/c1-14(2)28-17-6-3-15(4-7-17)21(25)11-8-18-9-12-22(29-18)16-5-10-19(23)20(13-16)24(26)27/h3-14H,1-2H3. The zero-order valence-corrected chi connectivity index (χ0v) is 16.6. The molecule has 0 aliphatic carbocycles. The van der Waals surface area contributed by atoms with Gasteiger partial charge in [0.05, 0.1) is 11.0 Å². The van der Waals surface area contributed by atoms with Crippen molar-refractivity contribution < 1.29 is 18.9 Å². The van der Waals surface area contributed by atoms with E-state index in [0.29, 0.717) is 28.4 Å². The van der Waals surface area contributed by atoms with Crippen LogP contribution in [0.3, 0.4) is 0 Å². The van der Waals surface area contributed by atoms with Crippen LogP contribution in [0.4, 0.5) is 5.69 Å². The monoisotopic (exact) mass is 411 g/mol. The van der Waals surface area contributed by atoms with Gasteiger partial charge in [-0.3, -0.25) is 14.9 Å². The van der Waals surface area contributed by atoms with Crippen LogP contribution in [0.25, 0.3) is 17.4 Å². The van der Waals surface area contributed by atoms with Crippen molar-refractivity contribution in [3.05, 3.63) is 87.1 Å². The summed E-state index contributed by atoms with van der Waals surface area (Å²) in [6, 6.07) is 14.7. The average Bonchev–Trinajstić information content (AvgIpc) is 3.15. The van der Waals surface area contributed by atoms with E-state index in [4.69, 9.17) is 20.8 Å². The number of furan rings is 1. The Labute approximate surface area is 172 Å². The SMILES string of the molecule is CC(C)Oc1ccc(C(=O)C=Cc2ccc(-c3ccc(Cl)c([N+](=O)[O-])c3)o2)cc1. The van der Waals surface area contributed by atoms with E-state index in [0.717, 1.165) is 0 Å². The molecule has 0 radical (unpaired) electrons. The second-order valence-electron chi connectivity index (χ2n) is 6.51. The number of hydrogen-bond donors (Lipinski definition) is 0. The molecule has 0 saturated carbocycles. The summed E-state index contributed by atoms with van der Waals surface area (Å²) in [7, 11) is 0. The fourth-order valence-corrected chi connectivity index (χ4v) is 2.81. The Bertz CT molecular complexity index is 1070. The molecule has 0 amide bonds. The molecule has 7 heteroatoms. The van der Waals surface area contributed by atoms with E-state index in [9.17, 15) is 14.9 Å². The molecule has 0 spiro atoms.